The van der Waals surface area contributed by atoms with Gasteiger partial charge in [0.15, 0.2) is 0 Å². The molecule has 255 valence electrons. The number of carbonyl (C=O) groups is 2. The molecule has 43 heavy (non-hydrogen) atoms. The van der Waals surface area contributed by atoms with Gasteiger partial charge in [0, 0.05) is 19.3 Å². The highest BCUT2D eigenvalue weighted by Crippen LogP contribution is 2.16. The zero-order chi connectivity index (χ0) is 31.6. The lowest BCUT2D eigenvalue weighted by Gasteiger charge is -2.07. The molecule has 0 saturated heterocycles. The molecule has 0 atom stereocenters. The molecule has 0 aliphatic carbocycles. The van der Waals surface area contributed by atoms with Crippen molar-refractivity contribution in [2.24, 2.45) is 11.8 Å². The van der Waals surface area contributed by atoms with Crippen molar-refractivity contribution in [2.45, 2.75) is 207 Å². The molecule has 0 unspecified atom stereocenters. The van der Waals surface area contributed by atoms with E-state index in [4.69, 9.17) is 9.47 Å². The van der Waals surface area contributed by atoms with Crippen molar-refractivity contribution in [1.29, 1.82) is 0 Å². The lowest BCUT2D eigenvalue weighted by atomic mass is 10.0. The van der Waals surface area contributed by atoms with Crippen molar-refractivity contribution >= 4 is 11.9 Å². The molecule has 0 amide bonds. The Morgan fingerprint density at radius 2 is 0.628 bits per heavy atom. The molecule has 0 aromatic carbocycles. The Balaban J connectivity index is 3.27. The van der Waals surface area contributed by atoms with Crippen LogP contribution in [0.1, 0.15) is 207 Å². The van der Waals surface area contributed by atoms with E-state index in [9.17, 15) is 9.59 Å². The molecule has 0 N–H and O–H groups in total. The van der Waals surface area contributed by atoms with Gasteiger partial charge in [0.05, 0.1) is 13.2 Å². The van der Waals surface area contributed by atoms with Crippen LogP contribution in [0.25, 0.3) is 0 Å². The van der Waals surface area contributed by atoms with E-state index < -0.39 is 0 Å². The second-order valence-corrected chi connectivity index (χ2v) is 14.0. The van der Waals surface area contributed by atoms with Crippen molar-refractivity contribution < 1.29 is 19.1 Å². The van der Waals surface area contributed by atoms with E-state index in [0.29, 0.717) is 12.8 Å². The SMILES string of the molecule is CC(C)CCCCCCCCCCCCCCC(=O)OC[CH]COC(=O)CCCCCCCCCCCCCCC(C)C. The van der Waals surface area contributed by atoms with Crippen LogP contribution in [0, 0.1) is 18.3 Å². The van der Waals surface area contributed by atoms with E-state index in [1.807, 2.05) is 0 Å². The summed E-state index contributed by atoms with van der Waals surface area (Å²) in [6.07, 6.45) is 36.6. The van der Waals surface area contributed by atoms with E-state index in [0.717, 1.165) is 37.5 Å². The van der Waals surface area contributed by atoms with Gasteiger partial charge in [0.25, 0.3) is 0 Å². The van der Waals surface area contributed by atoms with Gasteiger partial charge in [-0.15, -0.1) is 0 Å². The second-order valence-electron chi connectivity index (χ2n) is 14.0. The lowest BCUT2D eigenvalue weighted by molar-refractivity contribution is -0.144. The number of carbonyl (C=O) groups excluding carboxylic acids is 2. The smallest absolute Gasteiger partial charge is 0.305 e. The van der Waals surface area contributed by atoms with Crippen LogP contribution < -0.4 is 0 Å². The fourth-order valence-electron chi connectivity index (χ4n) is 5.68. The summed E-state index contributed by atoms with van der Waals surface area (Å²) in [6, 6.07) is 0. The molecule has 0 rings (SSSR count). The summed E-state index contributed by atoms with van der Waals surface area (Å²) < 4.78 is 10.5. The van der Waals surface area contributed by atoms with Gasteiger partial charge < -0.3 is 9.47 Å². The summed E-state index contributed by atoms with van der Waals surface area (Å²) in [5, 5.41) is 0. The van der Waals surface area contributed by atoms with E-state index in [1.54, 1.807) is 6.42 Å². The van der Waals surface area contributed by atoms with Gasteiger partial charge in [-0.3, -0.25) is 9.59 Å². The van der Waals surface area contributed by atoms with Crippen molar-refractivity contribution in [1.82, 2.24) is 0 Å². The molecule has 4 heteroatoms. The maximum absolute atomic E-state index is 11.9. The van der Waals surface area contributed by atoms with Gasteiger partial charge in [-0.05, 0) is 24.7 Å². The minimum Gasteiger partial charge on any atom is -0.465 e. The normalized spacial score (nSPS) is 11.5. The molecule has 0 fully saturated rings. The Hall–Kier alpha value is -1.06. The van der Waals surface area contributed by atoms with Crippen LogP contribution in [0.15, 0.2) is 0 Å². The van der Waals surface area contributed by atoms with Crippen molar-refractivity contribution in [3.8, 4) is 0 Å². The van der Waals surface area contributed by atoms with Crippen LogP contribution in [0.5, 0.6) is 0 Å². The van der Waals surface area contributed by atoms with Crippen LogP contribution in [0.4, 0.5) is 0 Å². The molecule has 1 radical (unpaired) electrons. The van der Waals surface area contributed by atoms with Crippen molar-refractivity contribution in [2.75, 3.05) is 13.2 Å². The average molecular weight is 608 g/mol. The Labute approximate surface area is 269 Å². The van der Waals surface area contributed by atoms with Gasteiger partial charge in [0.1, 0.15) is 0 Å². The third kappa shape index (κ3) is 37.0. The molecule has 0 bridgehead atoms. The summed E-state index contributed by atoms with van der Waals surface area (Å²) in [5.41, 5.74) is 0. The maximum atomic E-state index is 11.9. The number of unbranched alkanes of at least 4 members (excludes halogenated alkanes) is 22. The summed E-state index contributed by atoms with van der Waals surface area (Å²) in [7, 11) is 0. The average Bonchev–Trinajstić information content (AvgIpc) is 2.97. The van der Waals surface area contributed by atoms with E-state index >= 15 is 0 Å². The second kappa shape index (κ2) is 33.8. The topological polar surface area (TPSA) is 52.6 Å². The number of esters is 2. The zero-order valence-corrected chi connectivity index (χ0v) is 29.6. The van der Waals surface area contributed by atoms with Gasteiger partial charge >= 0.3 is 11.9 Å². The summed E-state index contributed by atoms with van der Waals surface area (Å²) >= 11 is 0. The number of hydrogen-bond acceptors (Lipinski definition) is 4. The van der Waals surface area contributed by atoms with Gasteiger partial charge in [-0.25, -0.2) is 0 Å². The highest BCUT2D eigenvalue weighted by Gasteiger charge is 2.06. The Kier molecular flexibility index (Phi) is 33.0. The first-order valence-corrected chi connectivity index (χ1v) is 19.0. The van der Waals surface area contributed by atoms with Gasteiger partial charge in [-0.2, -0.15) is 0 Å². The molecule has 0 aliphatic heterocycles. The number of ether oxygens (including phenoxy) is 2. The largest absolute Gasteiger partial charge is 0.465 e. The van der Waals surface area contributed by atoms with Crippen molar-refractivity contribution in [3.05, 3.63) is 6.42 Å². The monoisotopic (exact) mass is 608 g/mol. The van der Waals surface area contributed by atoms with Crippen LogP contribution in [-0.4, -0.2) is 25.2 Å². The third-order valence-electron chi connectivity index (χ3n) is 8.55. The summed E-state index contributed by atoms with van der Waals surface area (Å²) in [6.45, 7) is 9.71. The van der Waals surface area contributed by atoms with E-state index in [-0.39, 0.29) is 25.2 Å². The quantitative estimate of drug-likeness (QED) is 0.0539. The molecule has 0 aliphatic rings. The summed E-state index contributed by atoms with van der Waals surface area (Å²) in [4.78, 5) is 23.8. The minimum absolute atomic E-state index is 0.145. The molecule has 0 saturated carbocycles. The highest BCUT2D eigenvalue weighted by atomic mass is 16.5. The maximum Gasteiger partial charge on any atom is 0.305 e. The fraction of sp³-hybridized carbons (Fsp3) is 0.923. The molecule has 0 aromatic rings. The molecule has 0 spiro atoms. The molecule has 4 nitrogen and oxygen atoms in total. The first-order chi connectivity index (χ1) is 20.9. The van der Waals surface area contributed by atoms with Crippen LogP contribution in [0.2, 0.25) is 0 Å². The predicted octanol–water partition coefficient (Wildman–Crippen LogP) is 12.5. The highest BCUT2D eigenvalue weighted by molar-refractivity contribution is 5.69. The molecular weight excluding hydrogens is 532 g/mol. The number of rotatable bonds is 34. The number of hydrogen-bond donors (Lipinski definition) is 0. The third-order valence-corrected chi connectivity index (χ3v) is 8.55. The molecule has 0 heterocycles. The van der Waals surface area contributed by atoms with Crippen LogP contribution >= 0.6 is 0 Å². The van der Waals surface area contributed by atoms with E-state index in [1.165, 1.54) is 141 Å². The molecule has 0 aromatic heterocycles. The Morgan fingerprint density at radius 1 is 0.395 bits per heavy atom. The van der Waals surface area contributed by atoms with E-state index in [2.05, 4.69) is 27.7 Å². The minimum atomic E-state index is -0.145. The zero-order valence-electron chi connectivity index (χ0n) is 29.6. The first-order valence-electron chi connectivity index (χ1n) is 19.0. The van der Waals surface area contributed by atoms with Gasteiger partial charge in [-0.1, -0.05) is 182 Å². The lowest BCUT2D eigenvalue weighted by Crippen LogP contribution is -2.11. The predicted molar refractivity (Wildman–Crippen MR) is 185 cm³/mol. The summed E-state index contributed by atoms with van der Waals surface area (Å²) in [5.74, 6) is 1.41. The first kappa shape index (κ1) is 41.9. The van der Waals surface area contributed by atoms with Crippen molar-refractivity contribution in [3.63, 3.8) is 0 Å². The Morgan fingerprint density at radius 3 is 0.884 bits per heavy atom. The molecular formula is C39H75O4. The van der Waals surface area contributed by atoms with Crippen LogP contribution in [-0.2, 0) is 19.1 Å². The van der Waals surface area contributed by atoms with Crippen LogP contribution in [0.3, 0.4) is 0 Å². The standard InChI is InChI=1S/C39H75O4/c1-36(2)30-25-21-17-13-9-5-7-11-15-19-23-27-32-38(40)42-34-29-35-43-39(41)33-28-24-20-16-12-8-6-10-14-18-22-26-31-37(3)4/h29,36-37H,5-28,30-35H2,1-4H3. The fourth-order valence-corrected chi connectivity index (χ4v) is 5.68. The Bertz CT molecular complexity index is 536. The van der Waals surface area contributed by atoms with Gasteiger partial charge in [0.2, 0.25) is 0 Å².